The van der Waals surface area contributed by atoms with Crippen molar-refractivity contribution in [3.05, 3.63) is 24.8 Å². The molecule has 0 bridgehead atoms. The molecule has 0 aliphatic rings. The molecule has 7 nitrogen and oxygen atoms in total. The Morgan fingerprint density at radius 1 is 1.07 bits per heavy atom. The number of imidazole rings is 2. The highest BCUT2D eigenvalue weighted by molar-refractivity contribution is 7.34. The third-order valence-corrected chi connectivity index (χ3v) is 2.03. The maximum absolute atomic E-state index is 11.2. The molecule has 2 aromatic rings. The van der Waals surface area contributed by atoms with Crippen LogP contribution in [0.25, 0.3) is 0 Å². The molecule has 0 fully saturated rings. The topological polar surface area (TPSA) is 92.9 Å². The van der Waals surface area contributed by atoms with Gasteiger partial charge in [0, 0.05) is 24.8 Å². The van der Waals surface area contributed by atoms with Gasteiger partial charge < -0.3 is 19.0 Å². The summed E-state index contributed by atoms with van der Waals surface area (Å²) in [6.07, 6.45) is 6.07. The maximum atomic E-state index is 11.2. The van der Waals surface area contributed by atoms with Crippen molar-refractivity contribution >= 4 is 8.25 Å². The molecule has 8 heteroatoms. The summed E-state index contributed by atoms with van der Waals surface area (Å²) < 4.78 is 20.8. The molecule has 0 saturated heterocycles. The molecular weight excluding hydrogens is 207 g/mol. The predicted molar refractivity (Wildman–Crippen MR) is 47.4 cm³/mol. The summed E-state index contributed by atoms with van der Waals surface area (Å²) in [5.41, 5.74) is 0. The van der Waals surface area contributed by atoms with E-state index >= 15 is 0 Å². The van der Waals surface area contributed by atoms with Gasteiger partial charge in [-0.25, -0.2) is 14.5 Å². The molecule has 2 aromatic heterocycles. The standard InChI is InChI=1S/C6H7N4O3P/c11-14(12-5-7-1-2-8-5)13-6-9-3-4-10-6/h1-4,14H,(H,7,8)(H,9,10). The Labute approximate surface area is 79.5 Å². The molecule has 0 aliphatic heterocycles. The Balaban J connectivity index is 1.91. The second-order valence-corrected chi connectivity index (χ2v) is 3.15. The quantitative estimate of drug-likeness (QED) is 0.740. The van der Waals surface area contributed by atoms with E-state index in [4.69, 9.17) is 9.05 Å². The van der Waals surface area contributed by atoms with Gasteiger partial charge in [0.1, 0.15) is 0 Å². The number of aromatic nitrogens is 4. The highest BCUT2D eigenvalue weighted by Gasteiger charge is 2.06. The molecule has 0 radical (unpaired) electrons. The average molecular weight is 214 g/mol. The lowest BCUT2D eigenvalue weighted by molar-refractivity contribution is 0.393. The van der Waals surface area contributed by atoms with Gasteiger partial charge in [0.2, 0.25) is 0 Å². The van der Waals surface area contributed by atoms with Crippen LogP contribution in [0.5, 0.6) is 12.0 Å². The van der Waals surface area contributed by atoms with E-state index in [1.807, 2.05) is 0 Å². The van der Waals surface area contributed by atoms with Crippen LogP contribution in [0.15, 0.2) is 24.8 Å². The number of aromatic amines is 2. The van der Waals surface area contributed by atoms with Gasteiger partial charge in [0.15, 0.2) is 0 Å². The fourth-order valence-electron chi connectivity index (χ4n) is 0.792. The van der Waals surface area contributed by atoms with Crippen molar-refractivity contribution < 1.29 is 13.6 Å². The molecule has 0 unspecified atom stereocenters. The zero-order valence-corrected chi connectivity index (χ0v) is 7.93. The number of hydrogen-bond donors (Lipinski definition) is 2. The fraction of sp³-hybridized carbons (Fsp3) is 0. The van der Waals surface area contributed by atoms with Gasteiger partial charge in [-0.05, 0) is 0 Å². The largest absolute Gasteiger partial charge is 0.423 e. The average Bonchev–Trinajstić information content (AvgIpc) is 2.76. The number of nitrogens with one attached hydrogen (secondary N) is 2. The first kappa shape index (κ1) is 8.83. The summed E-state index contributed by atoms with van der Waals surface area (Å²) in [6, 6.07) is 0.306. The van der Waals surface area contributed by atoms with Gasteiger partial charge in [0.25, 0.3) is 0 Å². The molecule has 74 valence electrons. The first-order chi connectivity index (χ1) is 6.84. The van der Waals surface area contributed by atoms with Gasteiger partial charge in [-0.2, -0.15) is 0 Å². The number of hydrogen-bond acceptors (Lipinski definition) is 5. The molecule has 0 atom stereocenters. The summed E-state index contributed by atoms with van der Waals surface area (Å²) in [4.78, 5) is 12.7. The van der Waals surface area contributed by atoms with Crippen molar-refractivity contribution in [3.63, 3.8) is 0 Å². The highest BCUT2D eigenvalue weighted by atomic mass is 31.1. The molecular formula is C6H7N4O3P. The van der Waals surface area contributed by atoms with Crippen LogP contribution >= 0.6 is 8.25 Å². The van der Waals surface area contributed by atoms with Crippen LogP contribution in [0.4, 0.5) is 0 Å². The Morgan fingerprint density at radius 3 is 1.93 bits per heavy atom. The van der Waals surface area contributed by atoms with Crippen LogP contribution in [-0.2, 0) is 4.57 Å². The minimum absolute atomic E-state index is 0.153. The molecule has 0 spiro atoms. The zero-order valence-electron chi connectivity index (χ0n) is 6.93. The van der Waals surface area contributed by atoms with Gasteiger partial charge in [-0.3, -0.25) is 0 Å². The van der Waals surface area contributed by atoms with Crippen LogP contribution in [-0.4, -0.2) is 19.9 Å². The molecule has 2 rings (SSSR count). The Hall–Kier alpha value is -1.75. The van der Waals surface area contributed by atoms with Crippen molar-refractivity contribution in [2.75, 3.05) is 0 Å². The van der Waals surface area contributed by atoms with Crippen LogP contribution in [0, 0.1) is 0 Å². The zero-order chi connectivity index (χ0) is 9.80. The minimum atomic E-state index is -2.67. The SMILES string of the molecule is O=[PH](Oc1ncc[nH]1)Oc1ncc[nH]1. The van der Waals surface area contributed by atoms with Crippen molar-refractivity contribution in [2.45, 2.75) is 0 Å². The summed E-state index contributed by atoms with van der Waals surface area (Å²) in [5.74, 6) is 0. The first-order valence-electron chi connectivity index (χ1n) is 3.73. The predicted octanol–water partition coefficient (Wildman–Crippen LogP) is 0.980. The second-order valence-electron chi connectivity index (χ2n) is 2.24. The van der Waals surface area contributed by atoms with E-state index in [2.05, 4.69) is 19.9 Å². The number of nitrogens with zero attached hydrogens (tertiary/aromatic N) is 2. The van der Waals surface area contributed by atoms with E-state index < -0.39 is 8.25 Å². The van der Waals surface area contributed by atoms with Crippen molar-refractivity contribution in [1.82, 2.24) is 19.9 Å². The lowest BCUT2D eigenvalue weighted by Crippen LogP contribution is -1.91. The van der Waals surface area contributed by atoms with Crippen molar-refractivity contribution in [2.24, 2.45) is 0 Å². The Kier molecular flexibility index (Phi) is 2.51. The van der Waals surface area contributed by atoms with Crippen LogP contribution < -0.4 is 9.05 Å². The molecule has 14 heavy (non-hydrogen) atoms. The van der Waals surface area contributed by atoms with E-state index in [-0.39, 0.29) is 12.0 Å². The van der Waals surface area contributed by atoms with E-state index in [1.165, 1.54) is 12.4 Å². The van der Waals surface area contributed by atoms with Gasteiger partial charge in [-0.15, -0.1) is 0 Å². The van der Waals surface area contributed by atoms with Gasteiger partial charge >= 0.3 is 20.3 Å². The smallest absolute Gasteiger partial charge is 0.384 e. The third-order valence-electron chi connectivity index (χ3n) is 1.31. The number of rotatable bonds is 4. The lowest BCUT2D eigenvalue weighted by Gasteiger charge is -2.01. The monoisotopic (exact) mass is 214 g/mol. The molecule has 0 aromatic carbocycles. The van der Waals surface area contributed by atoms with E-state index in [0.717, 1.165) is 0 Å². The highest BCUT2D eigenvalue weighted by Crippen LogP contribution is 2.25. The van der Waals surface area contributed by atoms with Gasteiger partial charge in [0.05, 0.1) is 0 Å². The molecule has 2 heterocycles. The van der Waals surface area contributed by atoms with Gasteiger partial charge in [-0.1, -0.05) is 0 Å². The van der Waals surface area contributed by atoms with Crippen LogP contribution in [0.1, 0.15) is 0 Å². The third kappa shape index (κ3) is 2.14. The lowest BCUT2D eigenvalue weighted by atomic mass is 11.0. The summed E-state index contributed by atoms with van der Waals surface area (Å²) in [5, 5.41) is 0. The van der Waals surface area contributed by atoms with Crippen molar-refractivity contribution in [3.8, 4) is 12.0 Å². The normalized spacial score (nSPS) is 10.4. The molecule has 0 amide bonds. The second kappa shape index (κ2) is 3.97. The molecule has 0 aliphatic carbocycles. The Bertz CT molecular complexity index is 360. The summed E-state index contributed by atoms with van der Waals surface area (Å²) in [7, 11) is -2.67. The van der Waals surface area contributed by atoms with Crippen molar-refractivity contribution in [1.29, 1.82) is 0 Å². The summed E-state index contributed by atoms with van der Waals surface area (Å²) >= 11 is 0. The first-order valence-corrected chi connectivity index (χ1v) is 4.95. The van der Waals surface area contributed by atoms with Crippen LogP contribution in [0.3, 0.4) is 0 Å². The van der Waals surface area contributed by atoms with Crippen LogP contribution in [0.2, 0.25) is 0 Å². The number of H-pyrrole nitrogens is 2. The maximum Gasteiger partial charge on any atom is 0.423 e. The minimum Gasteiger partial charge on any atom is -0.384 e. The van der Waals surface area contributed by atoms with E-state index in [0.29, 0.717) is 0 Å². The Morgan fingerprint density at radius 2 is 1.57 bits per heavy atom. The van der Waals surface area contributed by atoms with E-state index in [1.54, 1.807) is 12.4 Å². The molecule has 0 saturated carbocycles. The van der Waals surface area contributed by atoms with E-state index in [9.17, 15) is 4.57 Å². The molecule has 2 N–H and O–H groups in total. The summed E-state index contributed by atoms with van der Waals surface area (Å²) in [6.45, 7) is 0. The fourth-order valence-corrected chi connectivity index (χ4v) is 1.37.